The summed E-state index contributed by atoms with van der Waals surface area (Å²) >= 11 is 1.63. The van der Waals surface area contributed by atoms with E-state index in [-0.39, 0.29) is 24.5 Å². The van der Waals surface area contributed by atoms with Crippen LogP contribution < -0.4 is 5.32 Å². The van der Waals surface area contributed by atoms with Gasteiger partial charge in [0.25, 0.3) is 0 Å². The van der Waals surface area contributed by atoms with Crippen LogP contribution in [0.15, 0.2) is 41.8 Å². The number of rotatable bonds is 6. The first-order chi connectivity index (χ1) is 9.66. The molecule has 0 radical (unpaired) electrons. The van der Waals surface area contributed by atoms with E-state index in [1.807, 2.05) is 36.6 Å². The molecular weight excluding hydrogens is 270 g/mol. The Morgan fingerprint density at radius 3 is 2.50 bits per heavy atom. The quantitative estimate of drug-likeness (QED) is 0.828. The molecule has 1 heterocycles. The third-order valence-electron chi connectivity index (χ3n) is 3.09. The minimum atomic E-state index is -0.0814. The summed E-state index contributed by atoms with van der Waals surface area (Å²) in [5.74, 6) is -0.0739. The molecule has 0 aliphatic rings. The first kappa shape index (κ1) is 14.5. The van der Waals surface area contributed by atoms with Gasteiger partial charge in [-0.25, -0.2) is 0 Å². The van der Waals surface area contributed by atoms with Gasteiger partial charge in [-0.3, -0.25) is 9.59 Å². The molecule has 2 aromatic rings. The van der Waals surface area contributed by atoms with E-state index < -0.39 is 0 Å². The molecule has 0 aliphatic carbocycles. The van der Waals surface area contributed by atoms with Gasteiger partial charge in [-0.15, -0.1) is 11.3 Å². The van der Waals surface area contributed by atoms with Crippen LogP contribution in [-0.4, -0.2) is 11.7 Å². The zero-order chi connectivity index (χ0) is 14.4. The van der Waals surface area contributed by atoms with Crippen molar-refractivity contribution in [3.05, 3.63) is 57.8 Å². The topological polar surface area (TPSA) is 46.2 Å². The summed E-state index contributed by atoms with van der Waals surface area (Å²) in [4.78, 5) is 24.7. The Morgan fingerprint density at radius 1 is 1.10 bits per heavy atom. The fourth-order valence-corrected chi connectivity index (χ4v) is 2.69. The standard InChI is InChI=1S/C16H17NO2S/c1-12-9-10-20-15(12)11-17-16(19)8-7-14(18)13-5-3-2-4-6-13/h2-6,9-10H,7-8,11H2,1H3,(H,17,19). The second-order valence-electron chi connectivity index (χ2n) is 4.59. The Balaban J connectivity index is 1.75. The summed E-state index contributed by atoms with van der Waals surface area (Å²) < 4.78 is 0. The minimum absolute atomic E-state index is 0.00746. The van der Waals surface area contributed by atoms with Crippen LogP contribution in [0.25, 0.3) is 0 Å². The summed E-state index contributed by atoms with van der Waals surface area (Å²) in [7, 11) is 0. The number of hydrogen-bond acceptors (Lipinski definition) is 3. The molecular formula is C16H17NO2S. The highest BCUT2D eigenvalue weighted by atomic mass is 32.1. The predicted octanol–water partition coefficient (Wildman–Crippen LogP) is 3.34. The molecule has 1 aromatic carbocycles. The molecule has 1 N–H and O–H groups in total. The Hall–Kier alpha value is -1.94. The van der Waals surface area contributed by atoms with E-state index in [2.05, 4.69) is 5.32 Å². The Morgan fingerprint density at radius 2 is 1.85 bits per heavy atom. The highest BCUT2D eigenvalue weighted by Gasteiger charge is 2.09. The van der Waals surface area contributed by atoms with E-state index in [1.165, 1.54) is 5.56 Å². The highest BCUT2D eigenvalue weighted by Crippen LogP contribution is 2.14. The Bertz CT molecular complexity index is 590. The van der Waals surface area contributed by atoms with Crippen LogP contribution in [-0.2, 0) is 11.3 Å². The van der Waals surface area contributed by atoms with Crippen LogP contribution in [0.2, 0.25) is 0 Å². The molecule has 0 atom stereocenters. The Labute approximate surface area is 122 Å². The number of benzene rings is 1. The Kier molecular flexibility index (Phi) is 5.07. The van der Waals surface area contributed by atoms with Crippen LogP contribution in [0, 0.1) is 6.92 Å². The third-order valence-corrected chi connectivity index (χ3v) is 4.11. The number of carbonyl (C=O) groups is 2. The molecule has 0 unspecified atom stereocenters. The van der Waals surface area contributed by atoms with Crippen molar-refractivity contribution >= 4 is 23.0 Å². The maximum Gasteiger partial charge on any atom is 0.220 e. The average Bonchev–Trinajstić information content (AvgIpc) is 2.89. The molecule has 1 aromatic heterocycles. The van der Waals surface area contributed by atoms with E-state index in [0.29, 0.717) is 12.1 Å². The number of Topliss-reactive ketones (excluding diaryl/α,β-unsaturated/α-hetero) is 1. The van der Waals surface area contributed by atoms with E-state index in [9.17, 15) is 9.59 Å². The molecule has 3 nitrogen and oxygen atoms in total. The number of ketones is 1. The van der Waals surface area contributed by atoms with Gasteiger partial charge in [0.05, 0.1) is 6.54 Å². The normalized spacial score (nSPS) is 10.2. The van der Waals surface area contributed by atoms with Crippen molar-refractivity contribution in [1.82, 2.24) is 5.32 Å². The number of aryl methyl sites for hydroxylation is 1. The van der Waals surface area contributed by atoms with Crippen molar-refractivity contribution in [2.24, 2.45) is 0 Å². The van der Waals surface area contributed by atoms with Gasteiger partial charge in [0.2, 0.25) is 5.91 Å². The van der Waals surface area contributed by atoms with Crippen LogP contribution >= 0.6 is 11.3 Å². The minimum Gasteiger partial charge on any atom is -0.351 e. The lowest BCUT2D eigenvalue weighted by atomic mass is 10.1. The summed E-state index contributed by atoms with van der Waals surface area (Å²) in [5, 5.41) is 4.86. The van der Waals surface area contributed by atoms with Gasteiger partial charge < -0.3 is 5.32 Å². The van der Waals surface area contributed by atoms with E-state index in [0.717, 1.165) is 4.88 Å². The number of hydrogen-bond donors (Lipinski definition) is 1. The second kappa shape index (κ2) is 7.01. The summed E-state index contributed by atoms with van der Waals surface area (Å²) in [6, 6.07) is 11.1. The first-order valence-electron chi connectivity index (χ1n) is 6.54. The molecule has 0 fully saturated rings. The fourth-order valence-electron chi connectivity index (χ4n) is 1.85. The molecule has 1 amide bonds. The zero-order valence-electron chi connectivity index (χ0n) is 11.4. The van der Waals surface area contributed by atoms with Gasteiger partial charge in [-0.2, -0.15) is 0 Å². The van der Waals surface area contributed by atoms with Gasteiger partial charge >= 0.3 is 0 Å². The first-order valence-corrected chi connectivity index (χ1v) is 7.42. The van der Waals surface area contributed by atoms with Crippen molar-refractivity contribution in [2.45, 2.75) is 26.3 Å². The van der Waals surface area contributed by atoms with Gasteiger partial charge in [-0.1, -0.05) is 30.3 Å². The van der Waals surface area contributed by atoms with Crippen LogP contribution in [0.4, 0.5) is 0 Å². The third kappa shape index (κ3) is 4.03. The molecule has 0 spiro atoms. The monoisotopic (exact) mass is 287 g/mol. The lowest BCUT2D eigenvalue weighted by molar-refractivity contribution is -0.121. The molecule has 20 heavy (non-hydrogen) atoms. The predicted molar refractivity (Wildman–Crippen MR) is 80.9 cm³/mol. The molecule has 2 rings (SSSR count). The van der Waals surface area contributed by atoms with Gasteiger partial charge in [0.15, 0.2) is 5.78 Å². The lowest BCUT2D eigenvalue weighted by Crippen LogP contribution is -2.23. The van der Waals surface area contributed by atoms with Crippen molar-refractivity contribution in [3.63, 3.8) is 0 Å². The van der Waals surface area contributed by atoms with Crippen molar-refractivity contribution in [1.29, 1.82) is 0 Å². The summed E-state index contributed by atoms with van der Waals surface area (Å²) in [5.41, 5.74) is 1.85. The molecule has 0 aliphatic heterocycles. The van der Waals surface area contributed by atoms with Gasteiger partial charge in [0, 0.05) is 23.3 Å². The largest absolute Gasteiger partial charge is 0.351 e. The van der Waals surface area contributed by atoms with Crippen molar-refractivity contribution < 1.29 is 9.59 Å². The van der Waals surface area contributed by atoms with E-state index in [1.54, 1.807) is 23.5 Å². The number of amides is 1. The highest BCUT2D eigenvalue weighted by molar-refractivity contribution is 7.10. The maximum absolute atomic E-state index is 11.9. The maximum atomic E-state index is 11.9. The van der Waals surface area contributed by atoms with Crippen LogP contribution in [0.3, 0.4) is 0 Å². The van der Waals surface area contributed by atoms with E-state index in [4.69, 9.17) is 0 Å². The average molecular weight is 287 g/mol. The van der Waals surface area contributed by atoms with Gasteiger partial charge in [-0.05, 0) is 23.9 Å². The molecule has 0 saturated carbocycles. The lowest BCUT2D eigenvalue weighted by Gasteiger charge is -2.04. The molecule has 104 valence electrons. The SMILES string of the molecule is Cc1ccsc1CNC(=O)CCC(=O)c1ccccc1. The number of nitrogens with one attached hydrogen (secondary N) is 1. The zero-order valence-corrected chi connectivity index (χ0v) is 12.2. The number of carbonyl (C=O) groups excluding carboxylic acids is 2. The summed E-state index contributed by atoms with van der Waals surface area (Å²) in [6.07, 6.45) is 0.484. The molecule has 0 bridgehead atoms. The van der Waals surface area contributed by atoms with Crippen LogP contribution in [0.1, 0.15) is 33.6 Å². The van der Waals surface area contributed by atoms with E-state index >= 15 is 0 Å². The van der Waals surface area contributed by atoms with Crippen LogP contribution in [0.5, 0.6) is 0 Å². The fraction of sp³-hybridized carbons (Fsp3) is 0.250. The molecule has 4 heteroatoms. The smallest absolute Gasteiger partial charge is 0.220 e. The molecule has 0 saturated heterocycles. The number of thiophene rings is 1. The second-order valence-corrected chi connectivity index (χ2v) is 5.59. The van der Waals surface area contributed by atoms with Crippen molar-refractivity contribution in [2.75, 3.05) is 0 Å². The van der Waals surface area contributed by atoms with Gasteiger partial charge in [0.1, 0.15) is 0 Å². The summed E-state index contributed by atoms with van der Waals surface area (Å²) in [6.45, 7) is 2.57. The van der Waals surface area contributed by atoms with Crippen molar-refractivity contribution in [3.8, 4) is 0 Å².